The van der Waals surface area contributed by atoms with Crippen molar-refractivity contribution in [3.8, 4) is 17.2 Å². The molecule has 1 aliphatic rings. The molecule has 0 aliphatic carbocycles. The Morgan fingerprint density at radius 1 is 1.06 bits per heavy atom. The van der Waals surface area contributed by atoms with Crippen molar-refractivity contribution in [1.29, 1.82) is 0 Å². The van der Waals surface area contributed by atoms with Crippen molar-refractivity contribution >= 4 is 23.7 Å². The molecule has 3 aromatic rings. The van der Waals surface area contributed by atoms with Crippen molar-refractivity contribution in [2.45, 2.75) is 25.9 Å². The molecule has 0 unspecified atom stereocenters. The molecular formula is C28H30ClN3O4. The number of rotatable bonds is 8. The van der Waals surface area contributed by atoms with E-state index in [1.165, 1.54) is 11.1 Å². The van der Waals surface area contributed by atoms with Crippen LogP contribution in [0.4, 0.5) is 0 Å². The van der Waals surface area contributed by atoms with Gasteiger partial charge in [-0.1, -0.05) is 23.7 Å². The van der Waals surface area contributed by atoms with Crippen LogP contribution in [-0.4, -0.2) is 44.9 Å². The summed E-state index contributed by atoms with van der Waals surface area (Å²) in [6.45, 7) is 3.80. The summed E-state index contributed by atoms with van der Waals surface area (Å²) < 4.78 is 16.6. The fraction of sp³-hybridized carbons (Fsp3) is 0.286. The quantitative estimate of drug-likeness (QED) is 0.333. The second kappa shape index (κ2) is 11.5. The van der Waals surface area contributed by atoms with Crippen molar-refractivity contribution in [2.24, 2.45) is 5.10 Å². The van der Waals surface area contributed by atoms with Gasteiger partial charge in [-0.25, -0.2) is 5.43 Å². The van der Waals surface area contributed by atoms with Crippen molar-refractivity contribution in [3.05, 3.63) is 87.4 Å². The zero-order valence-electron chi connectivity index (χ0n) is 20.9. The van der Waals surface area contributed by atoms with E-state index in [9.17, 15) is 4.79 Å². The lowest BCUT2D eigenvalue weighted by atomic mass is 9.92. The lowest BCUT2D eigenvalue weighted by Crippen LogP contribution is -2.33. The van der Waals surface area contributed by atoms with Gasteiger partial charge in [0, 0.05) is 24.7 Å². The number of fused-ring (bicyclic) bond motifs is 1. The highest BCUT2D eigenvalue weighted by atomic mass is 35.5. The number of carbonyl (C=O) groups is 1. The zero-order chi connectivity index (χ0) is 25.7. The smallest absolute Gasteiger partial charge is 0.272 e. The summed E-state index contributed by atoms with van der Waals surface area (Å²) >= 11 is 6.09. The third kappa shape index (κ3) is 5.48. The SMILES string of the molecule is COc1ccc(/C=N\NC(=O)c2ccccc2Cl)cc1CN1CCc2cc(OC)c(OC)cc2[C@@H]1C. The normalized spacial score (nSPS) is 15.4. The van der Waals surface area contributed by atoms with Crippen molar-refractivity contribution in [2.75, 3.05) is 27.9 Å². The largest absolute Gasteiger partial charge is 0.496 e. The van der Waals surface area contributed by atoms with E-state index < -0.39 is 0 Å². The van der Waals surface area contributed by atoms with Gasteiger partial charge < -0.3 is 14.2 Å². The van der Waals surface area contributed by atoms with Crippen LogP contribution in [0.2, 0.25) is 5.02 Å². The summed E-state index contributed by atoms with van der Waals surface area (Å²) in [5.41, 5.74) is 7.31. The van der Waals surface area contributed by atoms with E-state index in [1.807, 2.05) is 18.2 Å². The maximum absolute atomic E-state index is 12.4. The molecule has 0 aromatic heterocycles. The van der Waals surface area contributed by atoms with E-state index in [0.717, 1.165) is 41.3 Å². The van der Waals surface area contributed by atoms with Crippen LogP contribution < -0.4 is 19.6 Å². The number of carbonyl (C=O) groups excluding carboxylic acids is 1. The van der Waals surface area contributed by atoms with Crippen LogP contribution in [0, 0.1) is 0 Å². The standard InChI is InChI=1S/C28H30ClN3O4/c1-18-23-15-27(36-4)26(35-3)14-20(23)11-12-32(18)17-21-13-19(9-10-25(21)34-2)16-30-31-28(33)22-7-5-6-8-24(22)29/h5-10,13-16,18H,11-12,17H2,1-4H3,(H,31,33)/b30-16-/t18-/m0/s1. The third-order valence-corrected chi connectivity index (χ3v) is 6.82. The number of amides is 1. The molecule has 1 aliphatic heterocycles. The molecule has 0 bridgehead atoms. The van der Waals surface area contributed by atoms with Crippen molar-refractivity contribution < 1.29 is 19.0 Å². The Kier molecular flexibility index (Phi) is 8.13. The number of hydrogen-bond acceptors (Lipinski definition) is 6. The van der Waals surface area contributed by atoms with E-state index in [0.29, 0.717) is 17.1 Å². The highest BCUT2D eigenvalue weighted by Gasteiger charge is 2.26. The lowest BCUT2D eigenvalue weighted by molar-refractivity contribution is 0.0955. The van der Waals surface area contributed by atoms with Gasteiger partial charge in [0.2, 0.25) is 0 Å². The molecule has 1 amide bonds. The second-order valence-corrected chi connectivity index (χ2v) is 8.96. The Labute approximate surface area is 216 Å². The molecule has 1 N–H and O–H groups in total. The third-order valence-electron chi connectivity index (χ3n) is 6.49. The summed E-state index contributed by atoms with van der Waals surface area (Å²) in [7, 11) is 4.99. The van der Waals surface area contributed by atoms with E-state index in [-0.39, 0.29) is 11.9 Å². The van der Waals surface area contributed by atoms with Gasteiger partial charge in [0.1, 0.15) is 5.75 Å². The van der Waals surface area contributed by atoms with E-state index in [1.54, 1.807) is 51.8 Å². The molecule has 3 aromatic carbocycles. The fourth-order valence-corrected chi connectivity index (χ4v) is 4.73. The number of halogens is 1. The number of hydrogen-bond donors (Lipinski definition) is 1. The Morgan fingerprint density at radius 2 is 1.78 bits per heavy atom. The van der Waals surface area contributed by atoms with Crippen LogP contribution >= 0.6 is 11.6 Å². The molecule has 188 valence electrons. The predicted octanol–water partition coefficient (Wildman–Crippen LogP) is 5.25. The lowest BCUT2D eigenvalue weighted by Gasteiger charge is -2.36. The van der Waals surface area contributed by atoms with Crippen LogP contribution in [0.25, 0.3) is 0 Å². The van der Waals surface area contributed by atoms with Crippen LogP contribution in [0.1, 0.15) is 45.6 Å². The molecule has 0 radical (unpaired) electrons. The first-order valence-electron chi connectivity index (χ1n) is 11.7. The molecule has 8 heteroatoms. The molecule has 36 heavy (non-hydrogen) atoms. The first-order valence-corrected chi connectivity index (χ1v) is 12.1. The fourth-order valence-electron chi connectivity index (χ4n) is 4.50. The minimum Gasteiger partial charge on any atom is -0.496 e. The Morgan fingerprint density at radius 3 is 2.50 bits per heavy atom. The van der Waals surface area contributed by atoms with Crippen LogP contribution in [0.3, 0.4) is 0 Å². The maximum atomic E-state index is 12.4. The average Bonchev–Trinajstić information content (AvgIpc) is 2.90. The predicted molar refractivity (Wildman–Crippen MR) is 142 cm³/mol. The zero-order valence-corrected chi connectivity index (χ0v) is 21.6. The molecule has 7 nitrogen and oxygen atoms in total. The molecule has 4 rings (SSSR count). The first-order chi connectivity index (χ1) is 17.4. The van der Waals surface area contributed by atoms with Crippen LogP contribution in [0.5, 0.6) is 17.2 Å². The van der Waals surface area contributed by atoms with E-state index in [2.05, 4.69) is 34.5 Å². The van der Waals surface area contributed by atoms with Gasteiger partial charge in [0.25, 0.3) is 5.91 Å². The minimum absolute atomic E-state index is 0.186. The Hall–Kier alpha value is -3.55. The molecular weight excluding hydrogens is 478 g/mol. The molecule has 0 spiro atoms. The number of methoxy groups -OCH3 is 3. The molecule has 0 saturated heterocycles. The molecule has 0 fully saturated rings. The van der Waals surface area contributed by atoms with Crippen molar-refractivity contribution in [3.63, 3.8) is 0 Å². The van der Waals surface area contributed by atoms with Gasteiger partial charge in [0.15, 0.2) is 11.5 Å². The Bertz CT molecular complexity index is 1280. The Balaban J connectivity index is 1.50. The van der Waals surface area contributed by atoms with Gasteiger partial charge in [-0.2, -0.15) is 5.10 Å². The molecule has 1 atom stereocenters. The summed E-state index contributed by atoms with van der Waals surface area (Å²) in [5, 5.41) is 4.50. The second-order valence-electron chi connectivity index (χ2n) is 8.55. The summed E-state index contributed by atoms with van der Waals surface area (Å²) in [5.74, 6) is 1.93. The summed E-state index contributed by atoms with van der Waals surface area (Å²) in [6, 6.07) is 17.0. The number of nitrogens with one attached hydrogen (secondary N) is 1. The minimum atomic E-state index is -0.363. The number of ether oxygens (including phenoxy) is 3. The van der Waals surface area contributed by atoms with Crippen LogP contribution in [-0.2, 0) is 13.0 Å². The highest BCUT2D eigenvalue weighted by molar-refractivity contribution is 6.33. The summed E-state index contributed by atoms with van der Waals surface area (Å²) in [6.07, 6.45) is 2.53. The van der Waals surface area contributed by atoms with Gasteiger partial charge in [-0.05, 0) is 72.5 Å². The van der Waals surface area contributed by atoms with Gasteiger partial charge in [-0.15, -0.1) is 0 Å². The van der Waals surface area contributed by atoms with E-state index >= 15 is 0 Å². The van der Waals surface area contributed by atoms with Gasteiger partial charge in [-0.3, -0.25) is 9.69 Å². The number of benzene rings is 3. The number of nitrogens with zero attached hydrogens (tertiary/aromatic N) is 2. The monoisotopic (exact) mass is 507 g/mol. The topological polar surface area (TPSA) is 72.4 Å². The average molecular weight is 508 g/mol. The van der Waals surface area contributed by atoms with Crippen LogP contribution in [0.15, 0.2) is 59.7 Å². The highest BCUT2D eigenvalue weighted by Crippen LogP contribution is 2.39. The molecule has 1 heterocycles. The van der Waals surface area contributed by atoms with Crippen molar-refractivity contribution in [1.82, 2.24) is 10.3 Å². The first kappa shape index (κ1) is 25.5. The van der Waals surface area contributed by atoms with Gasteiger partial charge in [0.05, 0.1) is 38.1 Å². The number of hydrazone groups is 1. The summed E-state index contributed by atoms with van der Waals surface area (Å²) in [4.78, 5) is 14.8. The van der Waals surface area contributed by atoms with E-state index in [4.69, 9.17) is 25.8 Å². The van der Waals surface area contributed by atoms with Gasteiger partial charge >= 0.3 is 0 Å². The maximum Gasteiger partial charge on any atom is 0.272 e. The molecule has 0 saturated carbocycles.